The van der Waals surface area contributed by atoms with Crippen molar-refractivity contribution >= 4 is 24.3 Å². The molecule has 222 valence electrons. The van der Waals surface area contributed by atoms with Gasteiger partial charge in [0.2, 0.25) is 0 Å². The molecule has 0 unspecified atom stereocenters. The Hall–Kier alpha value is -5.29. The standard InChI is InChI=1S/C17H16O5.C13H12O3.ClH.H3N3/c1-12(18)21-15-8-9-16(22-13(2)19)17(10-15)20-11-14-6-4-3-5-7-14;14-11-6-7-12(15)13(8-11)16-9-10-4-2-1-3-5-10;;1-3-2/h3-10H,11H2,1-2H3;1-8,14-15H,9H2;1H;(H3,1,2). The first kappa shape index (κ1) is 34.7. The number of benzene rings is 4. The molecule has 12 heteroatoms. The zero-order chi connectivity index (χ0) is 30.0. The molecule has 0 aliphatic carbocycles. The smallest absolute Gasteiger partial charge is 0.308 e. The molecule has 4 aromatic rings. The fraction of sp³-hybridized carbons (Fsp3) is 0.133. The van der Waals surface area contributed by atoms with Gasteiger partial charge in [-0.25, -0.2) is 0 Å². The van der Waals surface area contributed by atoms with Crippen LogP contribution in [0.3, 0.4) is 0 Å². The summed E-state index contributed by atoms with van der Waals surface area (Å²) in [5, 5.41) is 21.0. The quantitative estimate of drug-likeness (QED) is 0.0466. The second-order valence-electron chi connectivity index (χ2n) is 8.13. The van der Waals surface area contributed by atoms with Gasteiger partial charge in [0.15, 0.2) is 23.0 Å². The summed E-state index contributed by atoms with van der Waals surface area (Å²) in [4.78, 5) is 22.2. The Morgan fingerprint density at radius 3 is 1.71 bits per heavy atom. The van der Waals surface area contributed by atoms with Crippen LogP contribution in [0.15, 0.2) is 102 Å². The molecule has 0 aromatic heterocycles. The molecule has 0 fully saturated rings. The first-order valence-electron chi connectivity index (χ1n) is 12.1. The number of phenols is 2. The lowest BCUT2D eigenvalue weighted by molar-refractivity contribution is -0.133. The van der Waals surface area contributed by atoms with E-state index in [4.69, 9.17) is 24.5 Å². The van der Waals surface area contributed by atoms with Gasteiger partial charge in [0.1, 0.15) is 24.7 Å². The van der Waals surface area contributed by atoms with Crippen LogP contribution in [0.25, 0.3) is 0 Å². The van der Waals surface area contributed by atoms with E-state index >= 15 is 0 Å². The number of rotatable bonds is 8. The summed E-state index contributed by atoms with van der Waals surface area (Å²) in [5.41, 5.74) is 7.58. The normalized spacial score (nSPS) is 9.29. The summed E-state index contributed by atoms with van der Waals surface area (Å²) < 4.78 is 21.2. The van der Waals surface area contributed by atoms with E-state index in [2.05, 4.69) is 11.1 Å². The molecule has 4 aromatic carbocycles. The number of carbonyl (C=O) groups is 2. The number of ether oxygens (including phenoxy) is 4. The van der Waals surface area contributed by atoms with Crippen LogP contribution < -0.4 is 24.8 Å². The SMILES string of the molecule is CC(=O)Oc1ccc(OC(C)=O)c(OCc2ccccc2)c1.Cl.N=NN.Oc1ccc(O)c(OCc2ccccc2)c1. The van der Waals surface area contributed by atoms with E-state index in [0.717, 1.165) is 11.1 Å². The van der Waals surface area contributed by atoms with Crippen LogP contribution in [0, 0.1) is 5.53 Å². The summed E-state index contributed by atoms with van der Waals surface area (Å²) in [5.74, 6) is 4.56. The number of phenolic OH excluding ortho intramolecular Hbond substituents is 2. The van der Waals surface area contributed by atoms with Crippen LogP contribution in [-0.4, -0.2) is 22.2 Å². The predicted molar refractivity (Wildman–Crippen MR) is 157 cm³/mol. The molecule has 0 aliphatic heterocycles. The monoisotopic (exact) mass is 597 g/mol. The van der Waals surface area contributed by atoms with Gasteiger partial charge < -0.3 is 35.0 Å². The molecule has 0 amide bonds. The molecule has 0 aliphatic rings. The van der Waals surface area contributed by atoms with E-state index < -0.39 is 11.9 Å². The van der Waals surface area contributed by atoms with E-state index in [1.165, 1.54) is 50.2 Å². The summed E-state index contributed by atoms with van der Waals surface area (Å²) in [6.07, 6.45) is 0. The number of nitrogens with two attached hydrogens (primary N) is 1. The molecule has 0 heterocycles. The number of halogens is 1. The number of nitrogens with one attached hydrogen (secondary N) is 1. The Labute approximate surface area is 249 Å². The zero-order valence-corrected chi connectivity index (χ0v) is 23.7. The second kappa shape index (κ2) is 18.9. The molecule has 0 spiro atoms. The molecule has 11 nitrogen and oxygen atoms in total. The highest BCUT2D eigenvalue weighted by atomic mass is 35.5. The van der Waals surface area contributed by atoms with E-state index in [1.807, 2.05) is 60.7 Å². The summed E-state index contributed by atoms with van der Waals surface area (Å²) in [6.45, 7) is 3.28. The molecule has 0 saturated carbocycles. The molecule has 0 saturated heterocycles. The van der Waals surface area contributed by atoms with E-state index in [0.29, 0.717) is 24.7 Å². The van der Waals surface area contributed by atoms with Gasteiger partial charge in [-0.15, -0.1) is 12.4 Å². The fourth-order valence-electron chi connectivity index (χ4n) is 3.16. The highest BCUT2D eigenvalue weighted by molar-refractivity contribution is 5.85. The first-order chi connectivity index (χ1) is 19.7. The summed E-state index contributed by atoms with van der Waals surface area (Å²) in [6, 6.07) is 28.0. The largest absolute Gasteiger partial charge is 0.508 e. The van der Waals surface area contributed by atoms with Gasteiger partial charge in [0.05, 0.1) is 0 Å². The topological polar surface area (TPSA) is 174 Å². The van der Waals surface area contributed by atoms with Crippen molar-refractivity contribution in [3.8, 4) is 34.5 Å². The third kappa shape index (κ3) is 13.2. The average molecular weight is 598 g/mol. The maximum atomic E-state index is 11.1. The van der Waals surface area contributed by atoms with Crippen LogP contribution in [0.5, 0.6) is 34.5 Å². The molecule has 0 radical (unpaired) electrons. The van der Waals surface area contributed by atoms with Crippen LogP contribution in [0.1, 0.15) is 25.0 Å². The number of aromatic hydroxyl groups is 2. The summed E-state index contributed by atoms with van der Waals surface area (Å²) in [7, 11) is 0. The Morgan fingerprint density at radius 1 is 0.714 bits per heavy atom. The Kier molecular flexibility index (Phi) is 15.6. The zero-order valence-electron chi connectivity index (χ0n) is 22.9. The van der Waals surface area contributed by atoms with Crippen molar-refractivity contribution in [3.63, 3.8) is 0 Å². The third-order valence-corrected chi connectivity index (χ3v) is 4.85. The number of hydrogen-bond donors (Lipinski definition) is 4. The van der Waals surface area contributed by atoms with Crippen LogP contribution in [-0.2, 0) is 22.8 Å². The van der Waals surface area contributed by atoms with Crippen molar-refractivity contribution in [1.82, 2.24) is 0 Å². The van der Waals surface area contributed by atoms with Crippen molar-refractivity contribution in [3.05, 3.63) is 108 Å². The minimum absolute atomic E-state index is 0. The molecular weight excluding hydrogens is 566 g/mol. The highest BCUT2D eigenvalue weighted by Gasteiger charge is 2.11. The number of hydrogen-bond acceptors (Lipinski definition) is 10. The lowest BCUT2D eigenvalue weighted by Crippen LogP contribution is -2.06. The minimum Gasteiger partial charge on any atom is -0.508 e. The van der Waals surface area contributed by atoms with Gasteiger partial charge in [-0.3, -0.25) is 9.59 Å². The second-order valence-corrected chi connectivity index (χ2v) is 8.13. The number of carbonyl (C=O) groups excluding carboxylic acids is 2. The van der Waals surface area contributed by atoms with Gasteiger partial charge >= 0.3 is 11.9 Å². The molecule has 5 N–H and O–H groups in total. The lowest BCUT2D eigenvalue weighted by atomic mass is 10.2. The average Bonchev–Trinajstić information content (AvgIpc) is 2.95. The Morgan fingerprint density at radius 2 is 1.21 bits per heavy atom. The lowest BCUT2D eigenvalue weighted by Gasteiger charge is -2.12. The van der Waals surface area contributed by atoms with Crippen molar-refractivity contribution in [2.75, 3.05) is 0 Å². The molecule has 42 heavy (non-hydrogen) atoms. The first-order valence-corrected chi connectivity index (χ1v) is 12.1. The number of nitrogens with zero attached hydrogens (tertiary/aromatic N) is 1. The van der Waals surface area contributed by atoms with Gasteiger partial charge in [0, 0.05) is 26.0 Å². The van der Waals surface area contributed by atoms with Crippen molar-refractivity contribution < 1.29 is 38.7 Å². The van der Waals surface area contributed by atoms with Gasteiger partial charge in [-0.1, -0.05) is 65.9 Å². The molecule has 0 bridgehead atoms. The minimum atomic E-state index is -0.454. The van der Waals surface area contributed by atoms with Crippen molar-refractivity contribution in [1.29, 1.82) is 5.53 Å². The molecule has 0 atom stereocenters. The van der Waals surface area contributed by atoms with Crippen LogP contribution in [0.4, 0.5) is 0 Å². The Balaban J connectivity index is 0.000000390. The van der Waals surface area contributed by atoms with Gasteiger partial charge in [0.25, 0.3) is 0 Å². The van der Waals surface area contributed by atoms with Crippen LogP contribution >= 0.6 is 12.4 Å². The van der Waals surface area contributed by atoms with Gasteiger partial charge in [-0.2, -0.15) is 5.53 Å². The van der Waals surface area contributed by atoms with E-state index in [1.54, 1.807) is 0 Å². The fourth-order valence-corrected chi connectivity index (χ4v) is 3.16. The van der Waals surface area contributed by atoms with Crippen molar-refractivity contribution in [2.45, 2.75) is 27.1 Å². The maximum Gasteiger partial charge on any atom is 0.308 e. The Bertz CT molecular complexity index is 1410. The maximum absolute atomic E-state index is 11.1. The van der Waals surface area contributed by atoms with E-state index in [9.17, 15) is 19.8 Å². The van der Waals surface area contributed by atoms with Gasteiger partial charge in [-0.05, 0) is 35.4 Å². The third-order valence-electron chi connectivity index (χ3n) is 4.85. The van der Waals surface area contributed by atoms with E-state index in [-0.39, 0.29) is 35.4 Å². The highest BCUT2D eigenvalue weighted by Crippen LogP contribution is 2.33. The summed E-state index contributed by atoms with van der Waals surface area (Å²) >= 11 is 0. The predicted octanol–water partition coefficient (Wildman–Crippen LogP) is 6.11. The number of esters is 2. The molecular formula is C30H32ClN3O8. The van der Waals surface area contributed by atoms with Crippen molar-refractivity contribution in [2.24, 2.45) is 11.1 Å². The van der Waals surface area contributed by atoms with Crippen LogP contribution in [0.2, 0.25) is 0 Å². The molecule has 4 rings (SSSR count).